The van der Waals surface area contributed by atoms with Crippen molar-refractivity contribution in [1.29, 1.82) is 0 Å². The molecule has 0 aromatic heterocycles. The van der Waals surface area contributed by atoms with Crippen LogP contribution in [0, 0.1) is 5.82 Å². The van der Waals surface area contributed by atoms with Crippen LogP contribution in [0.4, 0.5) is 9.18 Å². The molecule has 1 aromatic carbocycles. The summed E-state index contributed by atoms with van der Waals surface area (Å²) < 4.78 is 18.3. The molecule has 0 unspecified atom stereocenters. The maximum atomic E-state index is 13.2. The maximum Gasteiger partial charge on any atom is 0.404 e. The molecule has 0 atom stereocenters. The average molecular weight is 262 g/mol. The predicted octanol–water partition coefficient (Wildman–Crippen LogP) is 2.23. The Morgan fingerprint density at radius 3 is 2.86 bits per heavy atom. The topological polar surface area (TPSA) is 52.3 Å². The number of carbonyl (C=O) groups is 1. The van der Waals surface area contributed by atoms with E-state index in [2.05, 4.69) is 20.7 Å². The number of ether oxygens (including phenoxy) is 1. The summed E-state index contributed by atoms with van der Waals surface area (Å²) in [6.07, 6.45) is -0.523. The largest absolute Gasteiger partial charge is 0.449 e. The van der Waals surface area contributed by atoms with Gasteiger partial charge in [0.1, 0.15) is 5.82 Å². The van der Waals surface area contributed by atoms with E-state index in [1.807, 2.05) is 0 Å². The molecule has 76 valence electrons. The fourth-order valence-corrected chi connectivity index (χ4v) is 1.32. The highest BCUT2D eigenvalue weighted by atomic mass is 79.9. The Kier molecular flexibility index (Phi) is 3.88. The summed E-state index contributed by atoms with van der Waals surface area (Å²) >= 11 is 3.14. The Hall–Kier alpha value is -1.10. The van der Waals surface area contributed by atoms with Crippen molar-refractivity contribution in [2.45, 2.75) is 6.42 Å². The Bertz CT molecular complexity index is 344. The minimum atomic E-state index is -0.845. The molecule has 0 aliphatic rings. The van der Waals surface area contributed by atoms with E-state index < -0.39 is 6.09 Å². The van der Waals surface area contributed by atoms with Crippen molar-refractivity contribution < 1.29 is 13.9 Å². The van der Waals surface area contributed by atoms with Gasteiger partial charge in [-0.3, -0.25) is 0 Å². The van der Waals surface area contributed by atoms with Crippen LogP contribution in [0.2, 0.25) is 0 Å². The molecule has 0 bridgehead atoms. The number of carbonyl (C=O) groups excluding carboxylic acids is 1. The first-order valence-corrected chi connectivity index (χ1v) is 4.75. The lowest BCUT2D eigenvalue weighted by atomic mass is 10.1. The molecule has 0 radical (unpaired) electrons. The van der Waals surface area contributed by atoms with E-state index in [0.29, 0.717) is 16.5 Å². The van der Waals surface area contributed by atoms with Crippen molar-refractivity contribution in [3.05, 3.63) is 34.1 Å². The summed E-state index contributed by atoms with van der Waals surface area (Å²) in [5.41, 5.74) is 5.25. The molecular formula is C9H9BrFNO2. The quantitative estimate of drug-likeness (QED) is 0.908. The molecule has 0 fully saturated rings. The summed E-state index contributed by atoms with van der Waals surface area (Å²) in [5, 5.41) is 0. The van der Waals surface area contributed by atoms with Gasteiger partial charge in [0, 0.05) is 10.9 Å². The van der Waals surface area contributed by atoms with Gasteiger partial charge in [-0.1, -0.05) is 22.0 Å². The summed E-state index contributed by atoms with van der Waals surface area (Å²) in [7, 11) is 0. The van der Waals surface area contributed by atoms with Crippen molar-refractivity contribution in [3.63, 3.8) is 0 Å². The highest BCUT2D eigenvalue weighted by Crippen LogP contribution is 2.15. The molecule has 14 heavy (non-hydrogen) atoms. The van der Waals surface area contributed by atoms with Crippen LogP contribution in [0.5, 0.6) is 0 Å². The first kappa shape index (κ1) is 11.0. The molecule has 0 aliphatic carbocycles. The van der Waals surface area contributed by atoms with Crippen molar-refractivity contribution in [3.8, 4) is 0 Å². The van der Waals surface area contributed by atoms with Gasteiger partial charge in [0.15, 0.2) is 0 Å². The van der Waals surface area contributed by atoms with Gasteiger partial charge < -0.3 is 10.5 Å². The zero-order valence-corrected chi connectivity index (χ0v) is 8.88. The first-order chi connectivity index (χ1) is 6.59. The van der Waals surface area contributed by atoms with Crippen molar-refractivity contribution in [1.82, 2.24) is 0 Å². The second-order valence-electron chi connectivity index (χ2n) is 2.65. The van der Waals surface area contributed by atoms with Crippen LogP contribution in [-0.4, -0.2) is 12.7 Å². The molecule has 0 saturated heterocycles. The Labute approximate surface area is 89.2 Å². The van der Waals surface area contributed by atoms with E-state index in [4.69, 9.17) is 5.73 Å². The van der Waals surface area contributed by atoms with Crippen molar-refractivity contribution in [2.75, 3.05) is 6.61 Å². The summed E-state index contributed by atoms with van der Waals surface area (Å²) in [5.74, 6) is -0.326. The number of primary amides is 1. The van der Waals surface area contributed by atoms with Gasteiger partial charge in [-0.05, 0) is 17.7 Å². The maximum absolute atomic E-state index is 13.2. The Balaban J connectivity index is 2.55. The van der Waals surface area contributed by atoms with Gasteiger partial charge in [0.2, 0.25) is 0 Å². The molecule has 0 saturated carbocycles. The molecule has 1 rings (SSSR count). The predicted molar refractivity (Wildman–Crippen MR) is 53.3 cm³/mol. The Morgan fingerprint density at radius 1 is 1.57 bits per heavy atom. The van der Waals surface area contributed by atoms with Gasteiger partial charge in [-0.25, -0.2) is 9.18 Å². The van der Waals surface area contributed by atoms with Crippen LogP contribution in [-0.2, 0) is 11.2 Å². The minimum absolute atomic E-state index is 0.0912. The van der Waals surface area contributed by atoms with E-state index in [1.165, 1.54) is 6.07 Å². The minimum Gasteiger partial charge on any atom is -0.449 e. The van der Waals surface area contributed by atoms with Gasteiger partial charge in [-0.2, -0.15) is 0 Å². The number of amides is 1. The zero-order chi connectivity index (χ0) is 10.6. The molecule has 1 aromatic rings. The molecule has 5 heteroatoms. The Morgan fingerprint density at radius 2 is 2.29 bits per heavy atom. The van der Waals surface area contributed by atoms with E-state index in [0.717, 1.165) is 0 Å². The molecule has 1 amide bonds. The van der Waals surface area contributed by atoms with Crippen molar-refractivity contribution in [2.24, 2.45) is 5.73 Å². The SMILES string of the molecule is NC(=O)OCCc1ccc(Br)cc1F. The third-order valence-electron chi connectivity index (χ3n) is 1.63. The summed E-state index contributed by atoms with van der Waals surface area (Å²) in [4.78, 5) is 10.2. The average Bonchev–Trinajstić information content (AvgIpc) is 2.08. The molecule has 3 nitrogen and oxygen atoms in total. The van der Waals surface area contributed by atoms with Gasteiger partial charge in [0.05, 0.1) is 6.61 Å². The van der Waals surface area contributed by atoms with E-state index in [1.54, 1.807) is 12.1 Å². The summed E-state index contributed by atoms with van der Waals surface area (Å²) in [6, 6.07) is 4.71. The zero-order valence-electron chi connectivity index (χ0n) is 7.30. The standard InChI is InChI=1S/C9H9BrFNO2/c10-7-2-1-6(8(11)5-7)3-4-14-9(12)13/h1-2,5H,3-4H2,(H2,12,13). The second kappa shape index (κ2) is 4.95. The van der Waals surface area contributed by atoms with Gasteiger partial charge >= 0.3 is 6.09 Å². The van der Waals surface area contributed by atoms with Gasteiger partial charge in [0.25, 0.3) is 0 Å². The molecule has 0 heterocycles. The normalized spacial score (nSPS) is 9.86. The monoisotopic (exact) mass is 261 g/mol. The van der Waals surface area contributed by atoms with E-state index in [-0.39, 0.29) is 12.4 Å². The van der Waals surface area contributed by atoms with Crippen molar-refractivity contribution >= 4 is 22.0 Å². The molecule has 0 aliphatic heterocycles. The lowest BCUT2D eigenvalue weighted by Crippen LogP contribution is -2.15. The third-order valence-corrected chi connectivity index (χ3v) is 2.12. The van der Waals surface area contributed by atoms with Crippen LogP contribution < -0.4 is 5.73 Å². The number of hydrogen-bond donors (Lipinski definition) is 1. The van der Waals surface area contributed by atoms with Crippen LogP contribution in [0.3, 0.4) is 0 Å². The number of benzene rings is 1. The fourth-order valence-electron chi connectivity index (χ4n) is 0.986. The van der Waals surface area contributed by atoms with Crippen LogP contribution in [0.25, 0.3) is 0 Å². The lowest BCUT2D eigenvalue weighted by molar-refractivity contribution is 0.158. The second-order valence-corrected chi connectivity index (χ2v) is 3.57. The van der Waals surface area contributed by atoms with E-state index >= 15 is 0 Å². The smallest absolute Gasteiger partial charge is 0.404 e. The van der Waals surface area contributed by atoms with Gasteiger partial charge in [-0.15, -0.1) is 0 Å². The first-order valence-electron chi connectivity index (χ1n) is 3.96. The number of nitrogens with two attached hydrogens (primary N) is 1. The number of halogens is 2. The number of hydrogen-bond acceptors (Lipinski definition) is 2. The van der Waals surface area contributed by atoms with Crippen LogP contribution in [0.1, 0.15) is 5.56 Å². The number of rotatable bonds is 3. The fraction of sp³-hybridized carbons (Fsp3) is 0.222. The van der Waals surface area contributed by atoms with Crippen LogP contribution >= 0.6 is 15.9 Å². The summed E-state index contributed by atoms with van der Waals surface area (Å²) in [6.45, 7) is 0.0912. The third kappa shape index (κ3) is 3.33. The molecular weight excluding hydrogens is 253 g/mol. The van der Waals surface area contributed by atoms with Crippen LogP contribution in [0.15, 0.2) is 22.7 Å². The highest BCUT2D eigenvalue weighted by molar-refractivity contribution is 9.10. The highest BCUT2D eigenvalue weighted by Gasteiger charge is 2.03. The lowest BCUT2D eigenvalue weighted by Gasteiger charge is -2.03. The molecule has 2 N–H and O–H groups in total. The van der Waals surface area contributed by atoms with E-state index in [9.17, 15) is 9.18 Å². The molecule has 0 spiro atoms.